The van der Waals surface area contributed by atoms with Crippen LogP contribution in [0.5, 0.6) is 0 Å². The van der Waals surface area contributed by atoms with E-state index in [0.717, 1.165) is 0 Å². The fourth-order valence-electron chi connectivity index (χ4n) is 0.928. The molecule has 1 aromatic carbocycles. The summed E-state index contributed by atoms with van der Waals surface area (Å²) in [5.74, 6) is 0. The Morgan fingerprint density at radius 2 is 1.88 bits per heavy atom. The third-order valence-corrected chi connectivity index (χ3v) is 2.95. The molecule has 0 radical (unpaired) electrons. The molecule has 0 heterocycles. The van der Waals surface area contributed by atoms with Gasteiger partial charge in [-0.2, -0.15) is 0 Å². The van der Waals surface area contributed by atoms with Crippen LogP contribution < -0.4 is 16.4 Å². The number of nitrogen functional groups attached to an aromatic ring is 2. The van der Waals surface area contributed by atoms with Gasteiger partial charge in [0, 0.05) is 0 Å². The van der Waals surface area contributed by atoms with E-state index >= 15 is 0 Å². The number of hydrogen-bond donors (Lipinski definition) is 3. The smallest absolute Gasteiger partial charge is 0.262 e. The molecule has 7 heteroatoms. The summed E-state index contributed by atoms with van der Waals surface area (Å²) < 4.78 is 23.3. The van der Waals surface area contributed by atoms with Gasteiger partial charge < -0.3 is 11.5 Å². The average molecular weight is 245 g/mol. The van der Waals surface area contributed by atoms with Crippen LogP contribution in [-0.4, -0.2) is 14.5 Å². The number of sulfonamides is 1. The van der Waals surface area contributed by atoms with Gasteiger partial charge in [0.1, 0.15) is 0 Å². The Morgan fingerprint density at radius 1 is 1.25 bits per heavy atom. The zero-order valence-corrected chi connectivity index (χ0v) is 9.91. The second-order valence-corrected chi connectivity index (χ2v) is 5.19. The summed E-state index contributed by atoms with van der Waals surface area (Å²) in [5, 5.41) is 0. The molecular weight excluding hydrogens is 230 g/mol. The Labute approximate surface area is 94.6 Å². The minimum absolute atomic E-state index is 0.0138. The summed E-state index contributed by atoms with van der Waals surface area (Å²) in [6.45, 7) is 3.42. The molecule has 0 amide bonds. The van der Waals surface area contributed by atoms with Crippen molar-refractivity contribution in [3.8, 4) is 0 Å². The fraction of sp³-hybridized carbons (Fsp3) is 0.333. The number of nitrogens with one attached hydrogen (secondary N) is 1. The lowest BCUT2D eigenvalue weighted by molar-refractivity contribution is 0.0409. The quantitative estimate of drug-likeness (QED) is 0.528. The van der Waals surface area contributed by atoms with E-state index in [1.54, 1.807) is 13.8 Å². The Morgan fingerprint density at radius 3 is 2.38 bits per heavy atom. The molecule has 0 aromatic heterocycles. The predicted molar refractivity (Wildman–Crippen MR) is 61.8 cm³/mol. The molecule has 1 aromatic rings. The molecule has 0 aliphatic heterocycles. The van der Waals surface area contributed by atoms with Gasteiger partial charge in [-0.25, -0.2) is 8.42 Å². The van der Waals surface area contributed by atoms with Crippen LogP contribution >= 0.6 is 0 Å². The third-order valence-electron chi connectivity index (χ3n) is 1.76. The lowest BCUT2D eigenvalue weighted by Gasteiger charge is -2.10. The summed E-state index contributed by atoms with van der Waals surface area (Å²) >= 11 is 0. The largest absolute Gasteiger partial charge is 0.397 e. The van der Waals surface area contributed by atoms with Crippen LogP contribution in [0.4, 0.5) is 11.4 Å². The van der Waals surface area contributed by atoms with E-state index in [1.807, 2.05) is 4.89 Å². The number of anilines is 2. The van der Waals surface area contributed by atoms with E-state index in [2.05, 4.69) is 0 Å². The van der Waals surface area contributed by atoms with E-state index in [1.165, 1.54) is 18.2 Å². The van der Waals surface area contributed by atoms with Crippen molar-refractivity contribution in [3.63, 3.8) is 0 Å². The topological polar surface area (TPSA) is 107 Å². The molecule has 0 aliphatic rings. The first-order valence-corrected chi connectivity index (χ1v) is 6.13. The molecule has 0 atom stereocenters. The summed E-state index contributed by atoms with van der Waals surface area (Å²) in [5.41, 5.74) is 11.5. The molecule has 0 bridgehead atoms. The number of benzene rings is 1. The molecule has 5 N–H and O–H groups in total. The van der Waals surface area contributed by atoms with Crippen LogP contribution in [0.2, 0.25) is 0 Å². The van der Waals surface area contributed by atoms with E-state index < -0.39 is 10.0 Å². The molecule has 6 nitrogen and oxygen atoms in total. The first-order chi connectivity index (χ1) is 7.33. The normalized spacial score (nSPS) is 11.9. The molecule has 0 unspecified atom stereocenters. The summed E-state index contributed by atoms with van der Waals surface area (Å²) in [7, 11) is -3.70. The Bertz CT molecular complexity index is 471. The lowest BCUT2D eigenvalue weighted by atomic mass is 10.3. The fourth-order valence-corrected chi connectivity index (χ4v) is 1.87. The molecule has 0 fully saturated rings. The van der Waals surface area contributed by atoms with Gasteiger partial charge in [0.05, 0.1) is 22.4 Å². The monoisotopic (exact) mass is 245 g/mol. The molecule has 0 aliphatic carbocycles. The second kappa shape index (κ2) is 4.69. The van der Waals surface area contributed by atoms with E-state index in [9.17, 15) is 8.42 Å². The maximum absolute atomic E-state index is 11.7. The second-order valence-electron chi connectivity index (χ2n) is 3.54. The minimum atomic E-state index is -3.70. The Hall–Kier alpha value is -1.31. The molecule has 0 spiro atoms. The summed E-state index contributed by atoms with van der Waals surface area (Å²) in [6.07, 6.45) is -0.249. The maximum Gasteiger partial charge on any atom is 0.262 e. The minimum Gasteiger partial charge on any atom is -0.397 e. The van der Waals surface area contributed by atoms with Gasteiger partial charge in [-0.1, -0.05) is 4.89 Å². The van der Waals surface area contributed by atoms with Crippen molar-refractivity contribution in [1.82, 2.24) is 4.89 Å². The van der Waals surface area contributed by atoms with Crippen LogP contribution in [0.25, 0.3) is 0 Å². The van der Waals surface area contributed by atoms with Crippen LogP contribution in [-0.2, 0) is 14.9 Å². The van der Waals surface area contributed by atoms with E-state index in [-0.39, 0.29) is 16.7 Å². The molecule has 16 heavy (non-hydrogen) atoms. The lowest BCUT2D eigenvalue weighted by Crippen LogP contribution is -2.27. The molecule has 0 saturated heterocycles. The van der Waals surface area contributed by atoms with Gasteiger partial charge in [0.25, 0.3) is 10.0 Å². The highest BCUT2D eigenvalue weighted by atomic mass is 32.2. The summed E-state index contributed by atoms with van der Waals surface area (Å²) in [6, 6.07) is 4.07. The van der Waals surface area contributed by atoms with Gasteiger partial charge in [-0.15, -0.1) is 0 Å². The van der Waals surface area contributed by atoms with Crippen molar-refractivity contribution < 1.29 is 13.3 Å². The van der Waals surface area contributed by atoms with Crippen molar-refractivity contribution in [2.75, 3.05) is 11.5 Å². The van der Waals surface area contributed by atoms with Crippen LogP contribution in [0, 0.1) is 0 Å². The van der Waals surface area contributed by atoms with Crippen molar-refractivity contribution >= 4 is 21.4 Å². The third kappa shape index (κ3) is 3.09. The number of nitrogens with two attached hydrogens (primary N) is 2. The summed E-state index contributed by atoms with van der Waals surface area (Å²) in [4.78, 5) is 6.83. The molecule has 0 saturated carbocycles. The predicted octanol–water partition coefficient (Wildman–Crippen LogP) is 0.469. The van der Waals surface area contributed by atoms with Crippen LogP contribution in [0.1, 0.15) is 13.8 Å². The Kier molecular flexibility index (Phi) is 3.74. The zero-order chi connectivity index (χ0) is 12.3. The highest BCUT2D eigenvalue weighted by Gasteiger charge is 2.15. The van der Waals surface area contributed by atoms with Crippen molar-refractivity contribution in [3.05, 3.63) is 18.2 Å². The van der Waals surface area contributed by atoms with Gasteiger partial charge >= 0.3 is 0 Å². The maximum atomic E-state index is 11.7. The van der Waals surface area contributed by atoms with Gasteiger partial charge in [-0.3, -0.25) is 4.84 Å². The van der Waals surface area contributed by atoms with E-state index in [0.29, 0.717) is 5.69 Å². The van der Waals surface area contributed by atoms with Crippen LogP contribution in [0.3, 0.4) is 0 Å². The van der Waals surface area contributed by atoms with Gasteiger partial charge in [0.2, 0.25) is 0 Å². The van der Waals surface area contributed by atoms with Crippen molar-refractivity contribution in [1.29, 1.82) is 0 Å². The highest BCUT2D eigenvalue weighted by Crippen LogP contribution is 2.19. The molecule has 90 valence electrons. The SMILES string of the molecule is CC(C)ONS(=O)(=O)c1ccc(N)c(N)c1. The first-order valence-electron chi connectivity index (χ1n) is 4.65. The highest BCUT2D eigenvalue weighted by molar-refractivity contribution is 7.89. The first kappa shape index (κ1) is 12.8. The molecule has 1 rings (SSSR count). The Balaban J connectivity index is 2.94. The molecular formula is C9H15N3O3S. The van der Waals surface area contributed by atoms with Crippen molar-refractivity contribution in [2.45, 2.75) is 24.8 Å². The van der Waals surface area contributed by atoms with Gasteiger partial charge in [0.15, 0.2) is 0 Å². The number of hydrogen-bond acceptors (Lipinski definition) is 5. The standard InChI is InChI=1S/C9H15N3O3S/c1-6(2)15-12-16(13,14)7-3-4-8(10)9(11)5-7/h3-6,12H,10-11H2,1-2H3. The zero-order valence-electron chi connectivity index (χ0n) is 9.10. The van der Waals surface area contributed by atoms with Gasteiger partial charge in [-0.05, 0) is 32.0 Å². The average Bonchev–Trinajstić information content (AvgIpc) is 2.19. The van der Waals surface area contributed by atoms with Crippen LogP contribution in [0.15, 0.2) is 23.1 Å². The van der Waals surface area contributed by atoms with E-state index in [4.69, 9.17) is 16.3 Å². The number of rotatable bonds is 4. The van der Waals surface area contributed by atoms with Crippen molar-refractivity contribution in [2.24, 2.45) is 0 Å².